The molecular formula is C15H18ClN5. The maximum atomic E-state index is 6.09. The van der Waals surface area contributed by atoms with E-state index in [0.717, 1.165) is 18.8 Å². The number of aromatic nitrogens is 3. The fraction of sp³-hybridized carbons (Fsp3) is 0.400. The first-order chi connectivity index (χ1) is 10.2. The number of hydrogen-bond acceptors (Lipinski definition) is 5. The Balaban J connectivity index is 1.90. The second-order valence-electron chi connectivity index (χ2n) is 5.15. The van der Waals surface area contributed by atoms with Gasteiger partial charge in [0.25, 0.3) is 0 Å². The Kier molecular flexibility index (Phi) is 4.20. The van der Waals surface area contributed by atoms with E-state index < -0.39 is 0 Å². The molecule has 0 bridgehead atoms. The third kappa shape index (κ3) is 3.24. The molecule has 0 spiro atoms. The van der Waals surface area contributed by atoms with Gasteiger partial charge in [-0.15, -0.1) is 0 Å². The highest BCUT2D eigenvalue weighted by Crippen LogP contribution is 2.24. The maximum absolute atomic E-state index is 6.09. The summed E-state index contributed by atoms with van der Waals surface area (Å²) in [5.41, 5.74) is 1.02. The predicted octanol–water partition coefficient (Wildman–Crippen LogP) is 3.28. The van der Waals surface area contributed by atoms with Crippen molar-refractivity contribution in [3.8, 4) is 0 Å². The fourth-order valence-corrected chi connectivity index (χ4v) is 2.63. The Morgan fingerprint density at radius 1 is 1.00 bits per heavy atom. The van der Waals surface area contributed by atoms with Crippen LogP contribution >= 0.6 is 11.6 Å². The van der Waals surface area contributed by atoms with Crippen LogP contribution in [0.5, 0.6) is 0 Å². The standard InChI is InChI=1S/C15H18ClN5/c1-20(12-8-4-2-5-9-12)14-17-13(16)18-15(19-14)21-10-6-3-7-11-21/h2,4-5,8-9H,3,6-7,10-11H2,1H3. The van der Waals surface area contributed by atoms with Crippen molar-refractivity contribution < 1.29 is 0 Å². The number of benzene rings is 1. The Hall–Kier alpha value is -1.88. The molecule has 0 saturated carbocycles. The normalized spacial score (nSPS) is 15.0. The van der Waals surface area contributed by atoms with Crippen LogP contribution in [0.3, 0.4) is 0 Å². The molecule has 2 heterocycles. The van der Waals surface area contributed by atoms with Crippen molar-refractivity contribution in [2.75, 3.05) is 29.9 Å². The third-order valence-electron chi connectivity index (χ3n) is 3.67. The lowest BCUT2D eigenvalue weighted by Gasteiger charge is -2.27. The molecule has 1 aromatic carbocycles. The van der Waals surface area contributed by atoms with Gasteiger partial charge in [0.15, 0.2) is 0 Å². The number of hydrogen-bond donors (Lipinski definition) is 0. The summed E-state index contributed by atoms with van der Waals surface area (Å²) < 4.78 is 0. The van der Waals surface area contributed by atoms with Crippen LogP contribution in [0.25, 0.3) is 0 Å². The van der Waals surface area contributed by atoms with Gasteiger partial charge < -0.3 is 9.80 Å². The minimum absolute atomic E-state index is 0.239. The van der Waals surface area contributed by atoms with Crippen molar-refractivity contribution in [2.45, 2.75) is 19.3 Å². The minimum Gasteiger partial charge on any atom is -0.341 e. The van der Waals surface area contributed by atoms with Crippen LogP contribution in [-0.4, -0.2) is 35.1 Å². The quantitative estimate of drug-likeness (QED) is 0.870. The molecule has 6 heteroatoms. The van der Waals surface area contributed by atoms with E-state index in [9.17, 15) is 0 Å². The molecule has 0 N–H and O–H groups in total. The van der Waals surface area contributed by atoms with Gasteiger partial charge in [0.1, 0.15) is 0 Å². The zero-order valence-corrected chi connectivity index (χ0v) is 12.8. The number of nitrogens with zero attached hydrogens (tertiary/aromatic N) is 5. The topological polar surface area (TPSA) is 45.2 Å². The summed E-state index contributed by atoms with van der Waals surface area (Å²) in [6.45, 7) is 1.96. The summed E-state index contributed by atoms with van der Waals surface area (Å²) in [4.78, 5) is 17.2. The lowest BCUT2D eigenvalue weighted by atomic mass is 10.1. The number of para-hydroxylation sites is 1. The van der Waals surface area contributed by atoms with Crippen LogP contribution in [0.2, 0.25) is 5.28 Å². The highest BCUT2D eigenvalue weighted by atomic mass is 35.5. The Labute approximate surface area is 129 Å². The molecule has 1 fully saturated rings. The van der Waals surface area contributed by atoms with E-state index in [2.05, 4.69) is 19.9 Å². The van der Waals surface area contributed by atoms with E-state index in [1.807, 2.05) is 42.3 Å². The van der Waals surface area contributed by atoms with Crippen LogP contribution in [0, 0.1) is 0 Å². The van der Waals surface area contributed by atoms with Gasteiger partial charge in [-0.25, -0.2) is 0 Å². The smallest absolute Gasteiger partial charge is 0.235 e. The molecular weight excluding hydrogens is 286 g/mol. The molecule has 2 aromatic rings. The molecule has 0 radical (unpaired) electrons. The molecule has 5 nitrogen and oxygen atoms in total. The third-order valence-corrected chi connectivity index (χ3v) is 3.84. The Morgan fingerprint density at radius 3 is 2.43 bits per heavy atom. The van der Waals surface area contributed by atoms with Crippen molar-refractivity contribution in [3.63, 3.8) is 0 Å². The molecule has 21 heavy (non-hydrogen) atoms. The van der Waals surface area contributed by atoms with Crippen LogP contribution in [0.4, 0.5) is 17.6 Å². The summed E-state index contributed by atoms with van der Waals surface area (Å²) in [5.74, 6) is 1.24. The highest BCUT2D eigenvalue weighted by Gasteiger charge is 2.17. The van der Waals surface area contributed by atoms with Gasteiger partial charge in [-0.2, -0.15) is 15.0 Å². The summed E-state index contributed by atoms with van der Waals surface area (Å²) in [7, 11) is 1.93. The Morgan fingerprint density at radius 2 is 1.71 bits per heavy atom. The van der Waals surface area contributed by atoms with Gasteiger partial charge in [0, 0.05) is 25.8 Å². The first-order valence-corrected chi connectivity index (χ1v) is 7.57. The van der Waals surface area contributed by atoms with E-state index in [0.29, 0.717) is 11.9 Å². The zero-order valence-electron chi connectivity index (χ0n) is 12.0. The van der Waals surface area contributed by atoms with E-state index in [1.54, 1.807) is 0 Å². The van der Waals surface area contributed by atoms with Crippen LogP contribution in [-0.2, 0) is 0 Å². The van der Waals surface area contributed by atoms with Crippen molar-refractivity contribution in [3.05, 3.63) is 35.6 Å². The first kappa shape index (κ1) is 14.1. The monoisotopic (exact) mass is 303 g/mol. The van der Waals surface area contributed by atoms with Gasteiger partial charge >= 0.3 is 0 Å². The summed E-state index contributed by atoms with van der Waals surface area (Å²) in [6.07, 6.45) is 3.62. The zero-order chi connectivity index (χ0) is 14.7. The Bertz CT molecular complexity index is 598. The number of piperidine rings is 1. The van der Waals surface area contributed by atoms with E-state index in [4.69, 9.17) is 11.6 Å². The second-order valence-corrected chi connectivity index (χ2v) is 5.48. The number of rotatable bonds is 3. The van der Waals surface area contributed by atoms with E-state index >= 15 is 0 Å². The summed E-state index contributed by atoms with van der Waals surface area (Å²) >= 11 is 6.09. The lowest BCUT2D eigenvalue weighted by molar-refractivity contribution is 0.567. The van der Waals surface area contributed by atoms with Crippen molar-refractivity contribution in [2.24, 2.45) is 0 Å². The molecule has 0 atom stereocenters. The molecule has 1 aliphatic rings. The second kappa shape index (κ2) is 6.26. The molecule has 3 rings (SSSR count). The molecule has 1 aliphatic heterocycles. The highest BCUT2D eigenvalue weighted by molar-refractivity contribution is 6.28. The summed E-state index contributed by atoms with van der Waals surface area (Å²) in [6, 6.07) is 9.98. The van der Waals surface area contributed by atoms with Gasteiger partial charge in [-0.3, -0.25) is 0 Å². The molecule has 1 aromatic heterocycles. The molecule has 0 amide bonds. The van der Waals surface area contributed by atoms with Crippen molar-refractivity contribution in [1.29, 1.82) is 0 Å². The number of anilines is 3. The maximum Gasteiger partial charge on any atom is 0.235 e. The molecule has 110 valence electrons. The fourth-order valence-electron chi connectivity index (χ4n) is 2.48. The van der Waals surface area contributed by atoms with E-state index in [1.165, 1.54) is 19.3 Å². The van der Waals surface area contributed by atoms with Gasteiger partial charge in [0.2, 0.25) is 17.2 Å². The largest absolute Gasteiger partial charge is 0.341 e. The van der Waals surface area contributed by atoms with Crippen molar-refractivity contribution in [1.82, 2.24) is 15.0 Å². The van der Waals surface area contributed by atoms with Gasteiger partial charge in [-0.05, 0) is 43.0 Å². The molecule has 1 saturated heterocycles. The van der Waals surface area contributed by atoms with E-state index in [-0.39, 0.29) is 5.28 Å². The SMILES string of the molecule is CN(c1ccccc1)c1nc(Cl)nc(N2CCCCC2)n1. The van der Waals surface area contributed by atoms with Gasteiger partial charge in [-0.1, -0.05) is 18.2 Å². The minimum atomic E-state index is 0.239. The van der Waals surface area contributed by atoms with Crippen molar-refractivity contribution >= 4 is 29.2 Å². The average molecular weight is 304 g/mol. The average Bonchev–Trinajstić information content (AvgIpc) is 2.55. The predicted molar refractivity (Wildman–Crippen MR) is 85.4 cm³/mol. The molecule has 0 unspecified atom stereocenters. The number of halogens is 1. The van der Waals surface area contributed by atoms with Gasteiger partial charge in [0.05, 0.1) is 0 Å². The van der Waals surface area contributed by atoms with Crippen LogP contribution in [0.1, 0.15) is 19.3 Å². The lowest BCUT2D eigenvalue weighted by Crippen LogP contribution is -2.31. The summed E-state index contributed by atoms with van der Waals surface area (Å²) in [5, 5.41) is 0.239. The van der Waals surface area contributed by atoms with Crippen LogP contribution in [0.15, 0.2) is 30.3 Å². The first-order valence-electron chi connectivity index (χ1n) is 7.19. The molecule has 0 aliphatic carbocycles. The van der Waals surface area contributed by atoms with Crippen LogP contribution < -0.4 is 9.80 Å².